The fraction of sp³-hybridized carbons (Fsp3) is 0.125. The molecule has 2 aromatic carbocycles. The highest BCUT2D eigenvalue weighted by Gasteiger charge is 2.09. The van der Waals surface area contributed by atoms with Crippen LogP contribution in [-0.2, 0) is 9.59 Å². The number of esters is 1. The lowest BCUT2D eigenvalue weighted by molar-refractivity contribution is -0.131. The summed E-state index contributed by atoms with van der Waals surface area (Å²) in [4.78, 5) is 23.7. The second-order valence-corrected chi connectivity index (χ2v) is 6.88. The Bertz CT molecular complexity index is 722. The summed E-state index contributed by atoms with van der Waals surface area (Å²) in [5.41, 5.74) is 0.717. The predicted octanol–water partition coefficient (Wildman–Crippen LogP) is 4.76. The molecule has 23 heavy (non-hydrogen) atoms. The number of amides is 1. The van der Waals surface area contributed by atoms with E-state index >= 15 is 0 Å². The lowest BCUT2D eigenvalue weighted by Gasteiger charge is -2.07. The van der Waals surface area contributed by atoms with Crippen LogP contribution in [0.2, 0.25) is 5.02 Å². The van der Waals surface area contributed by atoms with Crippen molar-refractivity contribution in [1.82, 2.24) is 0 Å². The Morgan fingerprint density at radius 3 is 2.52 bits per heavy atom. The van der Waals surface area contributed by atoms with Crippen LogP contribution in [0.5, 0.6) is 5.75 Å². The van der Waals surface area contributed by atoms with E-state index in [2.05, 4.69) is 21.2 Å². The molecule has 0 aliphatic rings. The number of nitrogens with one attached hydrogen (secondary N) is 1. The monoisotopic (exact) mass is 413 g/mol. The molecule has 0 spiro atoms. The zero-order chi connectivity index (χ0) is 16.8. The fourth-order valence-corrected chi connectivity index (χ4v) is 3.13. The van der Waals surface area contributed by atoms with Gasteiger partial charge in [-0.15, -0.1) is 11.8 Å². The first-order valence-corrected chi connectivity index (χ1v) is 8.76. The minimum Gasteiger partial charge on any atom is -0.425 e. The van der Waals surface area contributed by atoms with E-state index in [0.717, 1.165) is 10.6 Å². The maximum atomic E-state index is 11.9. The number of ether oxygens (including phenoxy) is 1. The number of rotatable bonds is 5. The maximum Gasteiger partial charge on any atom is 0.321 e. The molecule has 1 N–H and O–H groups in total. The van der Waals surface area contributed by atoms with Crippen LogP contribution >= 0.6 is 39.3 Å². The third-order valence-electron chi connectivity index (χ3n) is 2.65. The summed E-state index contributed by atoms with van der Waals surface area (Å²) in [5, 5.41) is 3.24. The molecule has 0 heterocycles. The van der Waals surface area contributed by atoms with Gasteiger partial charge in [-0.05, 0) is 58.4 Å². The summed E-state index contributed by atoms with van der Waals surface area (Å²) in [7, 11) is 0. The summed E-state index contributed by atoms with van der Waals surface area (Å²) in [5.74, 6) is 0.127. The molecule has 0 saturated heterocycles. The van der Waals surface area contributed by atoms with Crippen molar-refractivity contribution in [2.75, 3.05) is 11.1 Å². The molecule has 2 aromatic rings. The normalized spacial score (nSPS) is 10.2. The second kappa shape index (κ2) is 8.38. The van der Waals surface area contributed by atoms with Crippen molar-refractivity contribution in [3.05, 3.63) is 52.0 Å². The number of halogens is 2. The molecule has 0 aromatic heterocycles. The molecule has 120 valence electrons. The van der Waals surface area contributed by atoms with Gasteiger partial charge in [0, 0.05) is 22.5 Å². The van der Waals surface area contributed by atoms with Crippen LogP contribution in [0.4, 0.5) is 5.69 Å². The quantitative estimate of drug-likeness (QED) is 0.435. The first-order valence-electron chi connectivity index (χ1n) is 6.60. The van der Waals surface area contributed by atoms with Crippen molar-refractivity contribution >= 4 is 56.9 Å². The van der Waals surface area contributed by atoms with E-state index in [9.17, 15) is 9.59 Å². The highest BCUT2D eigenvalue weighted by Crippen LogP contribution is 2.28. The molecule has 0 unspecified atom stereocenters. The number of anilines is 1. The van der Waals surface area contributed by atoms with Crippen molar-refractivity contribution in [3.63, 3.8) is 0 Å². The Morgan fingerprint density at radius 1 is 1.22 bits per heavy atom. The summed E-state index contributed by atoms with van der Waals surface area (Å²) >= 11 is 10.5. The van der Waals surface area contributed by atoms with Crippen molar-refractivity contribution < 1.29 is 14.3 Å². The highest BCUT2D eigenvalue weighted by molar-refractivity contribution is 9.10. The first-order chi connectivity index (χ1) is 10.9. The second-order valence-electron chi connectivity index (χ2n) is 4.54. The predicted molar refractivity (Wildman–Crippen MR) is 96.3 cm³/mol. The smallest absolute Gasteiger partial charge is 0.321 e. The van der Waals surface area contributed by atoms with Crippen LogP contribution in [0.15, 0.2) is 51.8 Å². The van der Waals surface area contributed by atoms with Crippen molar-refractivity contribution in [3.8, 4) is 5.75 Å². The summed E-state index contributed by atoms with van der Waals surface area (Å²) < 4.78 is 5.90. The van der Waals surface area contributed by atoms with Crippen LogP contribution in [-0.4, -0.2) is 17.6 Å². The van der Waals surface area contributed by atoms with Gasteiger partial charge in [0.05, 0.1) is 10.2 Å². The minimum absolute atomic E-state index is 0.123. The van der Waals surface area contributed by atoms with Crippen molar-refractivity contribution in [2.45, 2.75) is 11.8 Å². The number of hydrogen-bond donors (Lipinski definition) is 1. The molecule has 2 rings (SSSR count). The molecule has 0 aliphatic heterocycles. The van der Waals surface area contributed by atoms with Gasteiger partial charge in [-0.3, -0.25) is 9.59 Å². The van der Waals surface area contributed by atoms with E-state index in [1.807, 2.05) is 12.1 Å². The molecule has 1 amide bonds. The molecule has 0 radical (unpaired) electrons. The van der Waals surface area contributed by atoms with Crippen molar-refractivity contribution in [2.24, 2.45) is 0 Å². The number of thioether (sulfide) groups is 1. The molecular weight excluding hydrogens is 402 g/mol. The third kappa shape index (κ3) is 5.89. The van der Waals surface area contributed by atoms with Crippen LogP contribution < -0.4 is 10.1 Å². The lowest BCUT2D eigenvalue weighted by Crippen LogP contribution is -2.11. The zero-order valence-electron chi connectivity index (χ0n) is 12.1. The molecule has 4 nitrogen and oxygen atoms in total. The summed E-state index contributed by atoms with van der Waals surface area (Å²) in [6, 6.07) is 12.2. The average Bonchev–Trinajstić information content (AvgIpc) is 2.49. The fourth-order valence-electron chi connectivity index (χ4n) is 1.69. The van der Waals surface area contributed by atoms with Crippen LogP contribution in [0.1, 0.15) is 6.92 Å². The maximum absolute atomic E-state index is 11.9. The molecule has 0 bridgehead atoms. The van der Waals surface area contributed by atoms with Crippen molar-refractivity contribution in [1.29, 1.82) is 0 Å². The molecule has 7 heteroatoms. The Hall–Kier alpha value is -1.50. The van der Waals surface area contributed by atoms with Gasteiger partial charge in [0.1, 0.15) is 5.75 Å². The Labute approximate surface area is 151 Å². The topological polar surface area (TPSA) is 55.4 Å². The molecule has 0 saturated carbocycles. The van der Waals surface area contributed by atoms with Crippen LogP contribution in [0, 0.1) is 0 Å². The van der Waals surface area contributed by atoms with Gasteiger partial charge in [0.15, 0.2) is 0 Å². The van der Waals surface area contributed by atoms with Gasteiger partial charge in [0.25, 0.3) is 0 Å². The first kappa shape index (κ1) is 17.8. The largest absolute Gasteiger partial charge is 0.425 e. The van der Waals surface area contributed by atoms with Gasteiger partial charge < -0.3 is 10.1 Å². The van der Waals surface area contributed by atoms with Crippen LogP contribution in [0.25, 0.3) is 0 Å². The van der Waals surface area contributed by atoms with Gasteiger partial charge in [-0.2, -0.15) is 0 Å². The average molecular weight is 415 g/mol. The van der Waals surface area contributed by atoms with E-state index in [-0.39, 0.29) is 17.6 Å². The standard InChI is InChI=1S/C16H13BrClNO3S/c1-10(20)19-12-3-5-13(6-4-12)23-9-16(21)22-15-7-2-11(18)8-14(15)17/h2-8H,9H2,1H3,(H,19,20). The lowest BCUT2D eigenvalue weighted by atomic mass is 10.3. The van der Waals surface area contributed by atoms with Gasteiger partial charge >= 0.3 is 5.97 Å². The van der Waals surface area contributed by atoms with E-state index in [1.54, 1.807) is 30.3 Å². The van der Waals surface area contributed by atoms with E-state index in [4.69, 9.17) is 16.3 Å². The Kier molecular flexibility index (Phi) is 6.50. The van der Waals surface area contributed by atoms with Crippen LogP contribution in [0.3, 0.4) is 0 Å². The van der Waals surface area contributed by atoms with E-state index in [0.29, 0.717) is 15.2 Å². The summed E-state index contributed by atoms with van der Waals surface area (Å²) in [6.07, 6.45) is 0. The van der Waals surface area contributed by atoms with Gasteiger partial charge in [-0.1, -0.05) is 11.6 Å². The minimum atomic E-state index is -0.357. The molecule has 0 aliphatic carbocycles. The Morgan fingerprint density at radius 2 is 1.91 bits per heavy atom. The van der Waals surface area contributed by atoms with E-state index < -0.39 is 0 Å². The number of benzene rings is 2. The SMILES string of the molecule is CC(=O)Nc1ccc(SCC(=O)Oc2ccc(Cl)cc2Br)cc1. The van der Waals surface area contributed by atoms with Gasteiger partial charge in [0.2, 0.25) is 5.91 Å². The Balaban J connectivity index is 1.87. The van der Waals surface area contributed by atoms with Gasteiger partial charge in [-0.25, -0.2) is 0 Å². The number of carbonyl (C=O) groups excluding carboxylic acids is 2. The van der Waals surface area contributed by atoms with E-state index in [1.165, 1.54) is 18.7 Å². The zero-order valence-corrected chi connectivity index (χ0v) is 15.3. The molecule has 0 fully saturated rings. The molecule has 0 atom stereocenters. The summed E-state index contributed by atoms with van der Waals surface area (Å²) in [6.45, 7) is 1.45. The molecular formula is C16H13BrClNO3S. The number of carbonyl (C=O) groups is 2. The third-order valence-corrected chi connectivity index (χ3v) is 4.49. The number of hydrogen-bond acceptors (Lipinski definition) is 4. The highest BCUT2D eigenvalue weighted by atomic mass is 79.9.